The van der Waals surface area contributed by atoms with Gasteiger partial charge in [0.15, 0.2) is 5.78 Å². The Morgan fingerprint density at radius 1 is 0.519 bits per heavy atom. The number of carbonyl (C=O) groups is 5. The molecule has 2 fully saturated rings. The third-order valence-electron chi connectivity index (χ3n) is 14.2. The number of ketones is 1. The smallest absolute Gasteiger partial charge is 0.346 e. The van der Waals surface area contributed by atoms with Crippen molar-refractivity contribution in [3.63, 3.8) is 0 Å². The van der Waals surface area contributed by atoms with E-state index in [0.29, 0.717) is 63.4 Å². The van der Waals surface area contributed by atoms with Crippen molar-refractivity contribution in [3.05, 3.63) is 237 Å². The monoisotopic (exact) mass is 1610 g/mol. The second-order valence-electron chi connectivity index (χ2n) is 22.7. The quantitative estimate of drug-likeness (QED) is 0.00927. The van der Waals surface area contributed by atoms with Crippen LogP contribution in [0.1, 0.15) is 95.9 Å². The summed E-state index contributed by atoms with van der Waals surface area (Å²) in [7, 11) is 3.44. The maximum atomic E-state index is 13.3. The highest BCUT2D eigenvalue weighted by atomic mass is 79.9. The number of aromatic hydroxyl groups is 1. The number of carbonyl (C=O) groups excluding carboxylic acids is 4. The number of halogens is 4. The predicted molar refractivity (Wildman–Crippen MR) is 385 cm³/mol. The number of aromatic carboxylic acids is 1. The largest absolute Gasteiger partial charge is 0.508 e. The summed E-state index contributed by atoms with van der Waals surface area (Å²) in [4.78, 5) is 102. The van der Waals surface area contributed by atoms with Crippen molar-refractivity contribution in [1.29, 1.82) is 0 Å². The van der Waals surface area contributed by atoms with Gasteiger partial charge in [0.1, 0.15) is 17.2 Å². The third-order valence-corrected chi connectivity index (χ3v) is 19.7. The number of ether oxygens (including phenoxy) is 2. The minimum absolute atomic E-state index is 0.0192. The summed E-state index contributed by atoms with van der Waals surface area (Å²) >= 11 is 6.57. The first-order valence-corrected chi connectivity index (χ1v) is 36.2. The number of nitrogens with zero attached hydrogens (tertiary/aromatic N) is 9. The van der Waals surface area contributed by atoms with E-state index in [4.69, 9.17) is 28.7 Å². The van der Waals surface area contributed by atoms with Crippen LogP contribution in [0, 0.1) is 52.1 Å². The van der Waals surface area contributed by atoms with Gasteiger partial charge in [0, 0.05) is 139 Å². The van der Waals surface area contributed by atoms with Crippen LogP contribution in [0.3, 0.4) is 0 Å². The van der Waals surface area contributed by atoms with Crippen LogP contribution < -0.4 is 19.6 Å². The molecule has 3 amide bonds. The molecule has 4 N–H and O–H groups in total. The number of Topliss-reactive ketones (excluding diaryl/α,β-unsaturated/α-hetero) is 1. The average molecular weight is 1620 g/mol. The molecule has 0 radical (unpaired) electrons. The molecule has 0 bridgehead atoms. The van der Waals surface area contributed by atoms with E-state index in [0.717, 1.165) is 50.4 Å². The Morgan fingerprint density at radius 2 is 0.875 bits per heavy atom. The predicted octanol–water partition coefficient (Wildman–Crippen LogP) is 13.6. The van der Waals surface area contributed by atoms with E-state index >= 15 is 0 Å². The number of phenols is 1. The molecule has 2 saturated heterocycles. The zero-order valence-electron chi connectivity index (χ0n) is 57.3. The lowest BCUT2D eigenvalue weighted by molar-refractivity contribution is -0.387. The van der Waals surface area contributed by atoms with Crippen molar-refractivity contribution in [3.8, 4) is 28.7 Å². The number of carboxylic acids is 1. The van der Waals surface area contributed by atoms with Crippen molar-refractivity contribution in [2.45, 2.75) is 33.0 Å². The minimum atomic E-state index is -3.39. The molecule has 2 heterocycles. The first-order chi connectivity index (χ1) is 48.9. The number of nitro benzene ring substituents is 4. The topological polar surface area (TPSA) is 409 Å². The second-order valence-corrected chi connectivity index (χ2v) is 28.6. The molecular formula is C66H73Br2F2N11O21P2. The van der Waals surface area contributed by atoms with Gasteiger partial charge in [0.2, 0.25) is 23.1 Å². The fourth-order valence-corrected chi connectivity index (χ4v) is 13.7. The molecule has 1 unspecified atom stereocenters. The lowest BCUT2D eigenvalue weighted by atomic mass is 10.1. The Bertz CT molecular complexity index is 4300. The molecule has 32 nitrogen and oxygen atoms in total. The molecular weight excluding hydrogens is 1540 g/mol. The van der Waals surface area contributed by atoms with E-state index in [-0.39, 0.29) is 69.0 Å². The molecule has 0 saturated carbocycles. The normalized spacial score (nSPS) is 12.7. The number of nitrogens with one attached hydrogen (secondary N) is 2. The standard InChI is InChI=1S/C21H27Br2N4O6P.C21H25N4O6P.C9H11NO2.C8H6FNO3.C7H4FNO4/c1-15(33-34(31,24-11-9-22)25-12-10-23)16-7-8-19(27(29)30)20(14-16)32-18-6-4-5-17(13-18)21(28)26(2)3;1-15(31-32(29,23-9-10-23)24-11-12-24)16-7-8-19(25(27)28)20(14-16)30-18-6-4-5-17(13-18)21(26)22(2)3;1-10(2)9(12)7-4-3-5-8(11)6-7;1-5(11)6-2-3-8(10(12)13)7(9)4-6;8-5-3-4(7(10)11)1-2-6(5)9(12)13/h4-8,13-15H,9-12H2,1-3H3,(H2,24,25,31);4-8,13-15H,9-12H2,1-3H3;3-6,11H,1-2H3;2-4H,1H3;1-3H,(H,10,11)/t;15-;;;/m.1.../s1. The lowest BCUT2D eigenvalue weighted by Crippen LogP contribution is -2.27. The molecule has 7 aromatic carbocycles. The number of amides is 3. The van der Waals surface area contributed by atoms with E-state index in [1.807, 2.05) is 9.34 Å². The van der Waals surface area contributed by atoms with Crippen LogP contribution in [0.25, 0.3) is 0 Å². The molecule has 0 aliphatic carbocycles. The van der Waals surface area contributed by atoms with Gasteiger partial charge in [0.05, 0.1) is 37.5 Å². The third kappa shape index (κ3) is 25.2. The van der Waals surface area contributed by atoms with Gasteiger partial charge in [-0.1, -0.05) is 50.1 Å². The van der Waals surface area contributed by atoms with E-state index in [2.05, 4.69) is 42.0 Å². The van der Waals surface area contributed by atoms with Gasteiger partial charge in [-0.25, -0.2) is 24.3 Å². The second kappa shape index (κ2) is 39.1. The number of nitro groups is 4. The molecule has 0 aromatic heterocycles. The molecule has 104 heavy (non-hydrogen) atoms. The Kier molecular flexibility index (Phi) is 31.9. The van der Waals surface area contributed by atoms with Gasteiger partial charge in [-0.15, -0.1) is 0 Å². The molecule has 38 heteroatoms. The molecule has 7 aromatic rings. The van der Waals surface area contributed by atoms with Crippen molar-refractivity contribution in [1.82, 2.24) is 34.2 Å². The number of rotatable bonds is 27. The van der Waals surface area contributed by atoms with Crippen LogP contribution in [0.4, 0.5) is 31.5 Å². The number of phenolic OH excluding ortho intramolecular Hbond substituents is 1. The molecule has 556 valence electrons. The Balaban J connectivity index is 0.000000252. The minimum Gasteiger partial charge on any atom is -0.508 e. The van der Waals surface area contributed by atoms with Crippen LogP contribution in [-0.4, -0.2) is 176 Å². The van der Waals surface area contributed by atoms with Gasteiger partial charge in [-0.2, -0.15) is 8.78 Å². The maximum Gasteiger partial charge on any atom is 0.346 e. The van der Waals surface area contributed by atoms with Crippen molar-refractivity contribution in [2.75, 3.05) is 92.2 Å². The lowest BCUT2D eigenvalue weighted by Gasteiger charge is -2.24. The van der Waals surface area contributed by atoms with Gasteiger partial charge < -0.3 is 34.4 Å². The van der Waals surface area contributed by atoms with E-state index in [9.17, 15) is 82.3 Å². The number of hydrogen-bond acceptors (Lipinski definition) is 20. The molecule has 0 spiro atoms. The maximum absolute atomic E-state index is 13.3. The Hall–Kier alpha value is -9.87. The summed E-state index contributed by atoms with van der Waals surface area (Å²) in [6.07, 6.45) is -1.24. The van der Waals surface area contributed by atoms with Gasteiger partial charge >= 0.3 is 44.1 Å². The summed E-state index contributed by atoms with van der Waals surface area (Å²) in [5.41, 5.74) is 0.415. The van der Waals surface area contributed by atoms with Crippen LogP contribution in [0.2, 0.25) is 0 Å². The van der Waals surface area contributed by atoms with Crippen molar-refractivity contribution >= 4 is 99.4 Å². The average Bonchev–Trinajstić information content (AvgIpc) is 1.61. The summed E-state index contributed by atoms with van der Waals surface area (Å²) in [5.74, 6) is -3.65. The molecule has 2 aliphatic rings. The van der Waals surface area contributed by atoms with Crippen LogP contribution in [0.5, 0.6) is 28.7 Å². The Morgan fingerprint density at radius 3 is 1.21 bits per heavy atom. The summed E-state index contributed by atoms with van der Waals surface area (Å²) in [6.45, 7) is 8.48. The van der Waals surface area contributed by atoms with Crippen molar-refractivity contribution in [2.24, 2.45) is 0 Å². The summed E-state index contributed by atoms with van der Waals surface area (Å²) in [5, 5.41) is 67.8. The Labute approximate surface area is 611 Å². The first kappa shape index (κ1) is 84.8. The highest BCUT2D eigenvalue weighted by Crippen LogP contribution is 2.63. The number of alkyl halides is 2. The fraction of sp³-hybridized carbons (Fsp3) is 0.288. The molecule has 2 atom stereocenters. The van der Waals surface area contributed by atoms with E-state index in [1.54, 1.807) is 111 Å². The highest BCUT2D eigenvalue weighted by molar-refractivity contribution is 9.09. The van der Waals surface area contributed by atoms with E-state index in [1.165, 1.54) is 82.3 Å². The van der Waals surface area contributed by atoms with Gasteiger partial charge in [0.25, 0.3) is 17.7 Å². The van der Waals surface area contributed by atoms with Crippen LogP contribution in [-0.2, 0) is 18.2 Å². The number of hydrogen-bond donors (Lipinski definition) is 4. The first-order valence-electron chi connectivity index (χ1n) is 30.8. The molecule has 2 aliphatic heterocycles. The summed E-state index contributed by atoms with van der Waals surface area (Å²) in [6, 6.07) is 33.4. The molecule has 9 rings (SSSR count). The van der Waals surface area contributed by atoms with Crippen molar-refractivity contribution < 1.29 is 90.3 Å². The summed E-state index contributed by atoms with van der Waals surface area (Å²) < 4.78 is 79.1. The number of benzene rings is 7. The van der Waals surface area contributed by atoms with Crippen LogP contribution in [0.15, 0.2) is 146 Å². The zero-order chi connectivity index (χ0) is 77.5. The van der Waals surface area contributed by atoms with Gasteiger partial charge in [-0.05, 0) is 135 Å². The van der Waals surface area contributed by atoms with Crippen LogP contribution >= 0.6 is 47.2 Å². The number of carboxylic acid groups (broad SMARTS) is 1. The fourth-order valence-electron chi connectivity index (χ4n) is 8.71. The highest BCUT2D eigenvalue weighted by Gasteiger charge is 2.50. The van der Waals surface area contributed by atoms with E-state index < -0.39 is 76.2 Å². The zero-order valence-corrected chi connectivity index (χ0v) is 62.2. The SMILES string of the molecule is CC(=O)c1ccc([N+](=O)[O-])c(F)c1.CC(OP(=O)(NCCBr)NCCBr)c1ccc([N+](=O)[O-])c(Oc2cccc(C(=O)N(C)C)c2)c1.CN(C)C(=O)c1cccc(O)c1.C[C@@H](OP(=O)(N1CC1)N1CC1)c1ccc([N+](=O)[O-])c(Oc2cccc(C(=O)N(C)C)c2)c1.O=C(O)c1ccc([N+](=O)[O-])c(F)c1. The van der Waals surface area contributed by atoms with Gasteiger partial charge in [-0.3, -0.25) is 77.8 Å².